The normalized spacial score (nSPS) is 28.9. The molecule has 0 aromatic carbocycles. The molecule has 9 heavy (non-hydrogen) atoms. The second-order valence-electron chi connectivity index (χ2n) is 2.82. The van der Waals surface area contributed by atoms with Crippen LogP contribution in [0.15, 0.2) is 10.6 Å². The maximum Gasteiger partial charge on any atom is 0.0175 e. The lowest BCUT2D eigenvalue weighted by Crippen LogP contribution is -2.10. The second-order valence-corrected chi connectivity index (χ2v) is 3.36. The summed E-state index contributed by atoms with van der Waals surface area (Å²) in [5.74, 6) is 0.782. The molecule has 2 N–H and O–H groups in total. The molecule has 52 valence electrons. The first kappa shape index (κ1) is 7.00. The fraction of sp³-hybridized carbons (Fsp3) is 0.714. The van der Waals surface area contributed by atoms with Crippen LogP contribution in [-0.2, 0) is 0 Å². The van der Waals surface area contributed by atoms with E-state index in [9.17, 15) is 0 Å². The van der Waals surface area contributed by atoms with E-state index >= 15 is 0 Å². The third-order valence-corrected chi connectivity index (χ3v) is 2.29. The molecular weight excluding hydrogens is 130 g/mol. The van der Waals surface area contributed by atoms with Crippen molar-refractivity contribution in [2.45, 2.75) is 26.2 Å². The van der Waals surface area contributed by atoms with Gasteiger partial charge in [-0.3, -0.25) is 0 Å². The van der Waals surface area contributed by atoms with Crippen LogP contribution >= 0.6 is 12.6 Å². The molecule has 0 aliphatic heterocycles. The van der Waals surface area contributed by atoms with Gasteiger partial charge in [-0.1, -0.05) is 6.92 Å². The molecule has 1 aliphatic carbocycles. The van der Waals surface area contributed by atoms with E-state index in [2.05, 4.69) is 19.6 Å². The molecule has 0 radical (unpaired) electrons. The molecule has 0 aromatic rings. The van der Waals surface area contributed by atoms with Crippen LogP contribution in [-0.4, -0.2) is 0 Å². The van der Waals surface area contributed by atoms with Crippen LogP contribution in [0.25, 0.3) is 0 Å². The molecule has 0 spiro atoms. The van der Waals surface area contributed by atoms with Gasteiger partial charge in [0, 0.05) is 10.6 Å². The first-order valence-electron chi connectivity index (χ1n) is 3.36. The zero-order valence-corrected chi connectivity index (χ0v) is 6.62. The van der Waals surface area contributed by atoms with Gasteiger partial charge in [-0.15, -0.1) is 12.6 Å². The number of nitrogens with two attached hydrogens (primary N) is 1. The van der Waals surface area contributed by atoms with Gasteiger partial charge in [-0.05, 0) is 25.2 Å². The Labute approximate surface area is 61.7 Å². The van der Waals surface area contributed by atoms with E-state index in [1.807, 2.05) is 0 Å². The fourth-order valence-electron chi connectivity index (χ4n) is 1.11. The molecule has 0 heterocycles. The van der Waals surface area contributed by atoms with Gasteiger partial charge >= 0.3 is 0 Å². The number of rotatable bonds is 0. The highest BCUT2D eigenvalue weighted by atomic mass is 32.1. The summed E-state index contributed by atoms with van der Waals surface area (Å²) >= 11 is 4.27. The molecular formula is C7H13NS. The van der Waals surface area contributed by atoms with E-state index in [1.54, 1.807) is 0 Å². The Balaban J connectivity index is 2.61. The summed E-state index contributed by atoms with van der Waals surface area (Å²) < 4.78 is 0. The number of allylic oxidation sites excluding steroid dienone is 2. The lowest BCUT2D eigenvalue weighted by molar-refractivity contribution is 0.507. The van der Waals surface area contributed by atoms with Crippen molar-refractivity contribution in [2.75, 3.05) is 0 Å². The maximum absolute atomic E-state index is 5.64. The van der Waals surface area contributed by atoms with Crippen LogP contribution in [0.2, 0.25) is 0 Å². The summed E-state index contributed by atoms with van der Waals surface area (Å²) in [6.45, 7) is 2.24. The molecule has 0 fully saturated rings. The lowest BCUT2D eigenvalue weighted by atomic mass is 9.94. The van der Waals surface area contributed by atoms with Crippen LogP contribution < -0.4 is 5.73 Å². The van der Waals surface area contributed by atoms with Crippen LogP contribution in [0.4, 0.5) is 0 Å². The second kappa shape index (κ2) is 2.65. The molecule has 1 nitrogen and oxygen atoms in total. The summed E-state index contributed by atoms with van der Waals surface area (Å²) in [4.78, 5) is 1.11. The number of hydrogen-bond donors (Lipinski definition) is 2. The average molecular weight is 143 g/mol. The molecule has 0 amide bonds. The van der Waals surface area contributed by atoms with Crippen LogP contribution in [0.3, 0.4) is 0 Å². The van der Waals surface area contributed by atoms with Gasteiger partial charge in [0.1, 0.15) is 0 Å². The molecule has 1 aliphatic rings. The Kier molecular flexibility index (Phi) is 2.06. The highest BCUT2D eigenvalue weighted by Gasteiger charge is 2.12. The maximum atomic E-state index is 5.64. The van der Waals surface area contributed by atoms with Crippen molar-refractivity contribution in [2.24, 2.45) is 11.7 Å². The zero-order chi connectivity index (χ0) is 6.85. The van der Waals surface area contributed by atoms with E-state index in [-0.39, 0.29) is 0 Å². The Morgan fingerprint density at radius 1 is 1.67 bits per heavy atom. The third kappa shape index (κ3) is 1.65. The fourth-order valence-corrected chi connectivity index (χ4v) is 1.53. The van der Waals surface area contributed by atoms with Gasteiger partial charge in [-0.25, -0.2) is 0 Å². The van der Waals surface area contributed by atoms with Gasteiger partial charge < -0.3 is 5.73 Å². The van der Waals surface area contributed by atoms with Crippen molar-refractivity contribution in [3.8, 4) is 0 Å². The van der Waals surface area contributed by atoms with Crippen molar-refractivity contribution in [3.05, 3.63) is 10.6 Å². The van der Waals surface area contributed by atoms with E-state index in [4.69, 9.17) is 5.73 Å². The Morgan fingerprint density at radius 2 is 2.33 bits per heavy atom. The van der Waals surface area contributed by atoms with Crippen molar-refractivity contribution >= 4 is 12.6 Å². The highest BCUT2D eigenvalue weighted by molar-refractivity contribution is 7.84. The van der Waals surface area contributed by atoms with E-state index < -0.39 is 0 Å². The molecule has 0 aromatic heterocycles. The smallest absolute Gasteiger partial charge is 0.0175 e. The van der Waals surface area contributed by atoms with Crippen molar-refractivity contribution in [1.82, 2.24) is 0 Å². The third-order valence-electron chi connectivity index (χ3n) is 1.82. The predicted octanol–water partition coefficient (Wildman–Crippen LogP) is 1.91. The van der Waals surface area contributed by atoms with Crippen molar-refractivity contribution in [3.63, 3.8) is 0 Å². The van der Waals surface area contributed by atoms with E-state index in [0.717, 1.165) is 29.4 Å². The zero-order valence-electron chi connectivity index (χ0n) is 5.72. The lowest BCUT2D eigenvalue weighted by Gasteiger charge is -2.18. The SMILES string of the molecule is CC1CCC(N)=C(S)C1. The Bertz CT molecular complexity index is 140. The molecule has 1 unspecified atom stereocenters. The van der Waals surface area contributed by atoms with Gasteiger partial charge in [0.05, 0.1) is 0 Å². The molecule has 0 saturated heterocycles. The molecule has 0 bridgehead atoms. The minimum atomic E-state index is 0.782. The number of hydrogen-bond acceptors (Lipinski definition) is 2. The quantitative estimate of drug-likeness (QED) is 0.498. The molecule has 2 heteroatoms. The summed E-state index contributed by atoms with van der Waals surface area (Å²) in [5, 5.41) is 0. The van der Waals surface area contributed by atoms with Crippen LogP contribution in [0, 0.1) is 5.92 Å². The average Bonchev–Trinajstić information content (AvgIpc) is 1.80. The van der Waals surface area contributed by atoms with Crippen molar-refractivity contribution < 1.29 is 0 Å². The monoisotopic (exact) mass is 143 g/mol. The first-order valence-corrected chi connectivity index (χ1v) is 3.81. The molecule has 0 saturated carbocycles. The summed E-state index contributed by atoms with van der Waals surface area (Å²) in [7, 11) is 0. The highest BCUT2D eigenvalue weighted by Crippen LogP contribution is 2.28. The Morgan fingerprint density at radius 3 is 2.78 bits per heavy atom. The predicted molar refractivity (Wildman–Crippen MR) is 43.2 cm³/mol. The first-order chi connectivity index (χ1) is 4.20. The topological polar surface area (TPSA) is 26.0 Å². The Hall–Kier alpha value is -0.110. The summed E-state index contributed by atoms with van der Waals surface area (Å²) in [6.07, 6.45) is 3.35. The minimum Gasteiger partial charge on any atom is -0.401 e. The van der Waals surface area contributed by atoms with Crippen LogP contribution in [0.5, 0.6) is 0 Å². The number of thiol groups is 1. The summed E-state index contributed by atoms with van der Waals surface area (Å²) in [5.41, 5.74) is 6.64. The van der Waals surface area contributed by atoms with Crippen LogP contribution in [0.1, 0.15) is 26.2 Å². The standard InChI is InChI=1S/C7H13NS/c1-5-2-3-6(8)7(9)4-5/h5,9H,2-4,8H2,1H3. The van der Waals surface area contributed by atoms with Crippen molar-refractivity contribution in [1.29, 1.82) is 0 Å². The molecule has 1 rings (SSSR count). The molecule has 1 atom stereocenters. The van der Waals surface area contributed by atoms with Gasteiger partial charge in [0.25, 0.3) is 0 Å². The van der Waals surface area contributed by atoms with Gasteiger partial charge in [-0.2, -0.15) is 0 Å². The van der Waals surface area contributed by atoms with Gasteiger partial charge in [0.2, 0.25) is 0 Å². The van der Waals surface area contributed by atoms with Gasteiger partial charge in [0.15, 0.2) is 0 Å². The largest absolute Gasteiger partial charge is 0.401 e. The van der Waals surface area contributed by atoms with E-state index in [0.29, 0.717) is 0 Å². The van der Waals surface area contributed by atoms with E-state index in [1.165, 1.54) is 6.42 Å². The summed E-state index contributed by atoms with van der Waals surface area (Å²) in [6, 6.07) is 0. The minimum absolute atomic E-state index is 0.782.